The summed E-state index contributed by atoms with van der Waals surface area (Å²) in [6, 6.07) is 0. The molecular formula is C12H19N5O2S. The minimum Gasteiger partial charge on any atom is -0.215 e. The number of sulfonamides is 1. The summed E-state index contributed by atoms with van der Waals surface area (Å²) in [6.07, 6.45) is 2.91. The van der Waals surface area contributed by atoms with Crippen LogP contribution >= 0.6 is 0 Å². The number of nitrogens with zero attached hydrogens (tertiary/aromatic N) is 4. The molecule has 0 bridgehead atoms. The first-order chi connectivity index (χ1) is 9.41. The van der Waals surface area contributed by atoms with Gasteiger partial charge in [0.15, 0.2) is 0 Å². The molecule has 20 heavy (non-hydrogen) atoms. The van der Waals surface area contributed by atoms with E-state index in [2.05, 4.69) is 19.8 Å². The van der Waals surface area contributed by atoms with Gasteiger partial charge in [-0.3, -0.25) is 0 Å². The van der Waals surface area contributed by atoms with Crippen LogP contribution in [0.25, 0.3) is 5.78 Å². The molecule has 1 N–H and O–H groups in total. The van der Waals surface area contributed by atoms with Crippen LogP contribution in [-0.2, 0) is 16.4 Å². The van der Waals surface area contributed by atoms with Gasteiger partial charge in [-0.25, -0.2) is 27.6 Å². The lowest BCUT2D eigenvalue weighted by atomic mass is 10.3. The average molecular weight is 297 g/mol. The van der Waals surface area contributed by atoms with Crippen LogP contribution in [0.1, 0.15) is 30.4 Å². The Morgan fingerprint density at radius 1 is 1.25 bits per heavy atom. The van der Waals surface area contributed by atoms with Gasteiger partial charge in [0, 0.05) is 13.0 Å². The van der Waals surface area contributed by atoms with Crippen LogP contribution in [0.3, 0.4) is 0 Å². The first kappa shape index (κ1) is 14.9. The molecule has 110 valence electrons. The second kappa shape index (κ2) is 5.84. The molecule has 0 spiro atoms. The second-order valence-corrected chi connectivity index (χ2v) is 6.65. The molecule has 0 atom stereocenters. The molecule has 0 aliphatic rings. The molecule has 8 heteroatoms. The number of imidazole rings is 1. The van der Waals surface area contributed by atoms with Crippen LogP contribution in [0.2, 0.25) is 0 Å². The van der Waals surface area contributed by atoms with Gasteiger partial charge in [0.05, 0.1) is 29.0 Å². The van der Waals surface area contributed by atoms with E-state index in [0.717, 1.165) is 17.1 Å². The van der Waals surface area contributed by atoms with Crippen LogP contribution in [0.4, 0.5) is 0 Å². The minimum absolute atomic E-state index is 0.152. The lowest BCUT2D eigenvalue weighted by Crippen LogP contribution is -2.28. The first-order valence-corrected chi connectivity index (χ1v) is 8.23. The lowest BCUT2D eigenvalue weighted by Gasteiger charge is -2.03. The normalized spacial score (nSPS) is 12.2. The lowest BCUT2D eigenvalue weighted by molar-refractivity contribution is 0.580. The van der Waals surface area contributed by atoms with E-state index >= 15 is 0 Å². The molecule has 0 saturated heterocycles. The predicted molar refractivity (Wildman–Crippen MR) is 76.0 cm³/mol. The number of rotatable bonds is 6. The van der Waals surface area contributed by atoms with Crippen molar-refractivity contribution in [1.82, 2.24) is 24.3 Å². The molecule has 2 heterocycles. The largest absolute Gasteiger partial charge is 0.251 e. The molecule has 2 aromatic rings. The van der Waals surface area contributed by atoms with Crippen molar-refractivity contribution in [2.75, 3.05) is 12.3 Å². The van der Waals surface area contributed by atoms with E-state index in [9.17, 15) is 8.42 Å². The Hall–Kier alpha value is -1.54. The molecule has 0 saturated carbocycles. The fourth-order valence-corrected chi connectivity index (χ4v) is 2.91. The van der Waals surface area contributed by atoms with Crippen molar-refractivity contribution in [3.8, 4) is 0 Å². The van der Waals surface area contributed by atoms with E-state index < -0.39 is 10.0 Å². The Labute approximate surface area is 118 Å². The van der Waals surface area contributed by atoms with Crippen molar-refractivity contribution in [3.05, 3.63) is 23.3 Å². The zero-order valence-corrected chi connectivity index (χ0v) is 12.7. The van der Waals surface area contributed by atoms with Crippen molar-refractivity contribution in [2.24, 2.45) is 0 Å². The fraction of sp³-hybridized carbons (Fsp3) is 0.583. The van der Waals surface area contributed by atoms with Crippen LogP contribution in [0, 0.1) is 13.8 Å². The van der Waals surface area contributed by atoms with Crippen molar-refractivity contribution in [2.45, 2.75) is 33.6 Å². The standard InChI is InChI=1S/C12H19N5O2S/c1-4-7-20(18,19)13-6-5-11-8-17-12(15-11)14-9(2)10(3)16-17/h8,13H,4-7H2,1-3H3. The van der Waals surface area contributed by atoms with Crippen molar-refractivity contribution in [1.29, 1.82) is 0 Å². The molecule has 0 aliphatic carbocycles. The van der Waals surface area contributed by atoms with E-state index in [0.29, 0.717) is 25.2 Å². The molecule has 2 rings (SSSR count). The van der Waals surface area contributed by atoms with Gasteiger partial charge in [0.25, 0.3) is 5.78 Å². The smallest absolute Gasteiger partial charge is 0.215 e. The van der Waals surface area contributed by atoms with Gasteiger partial charge in [-0.1, -0.05) is 6.92 Å². The highest BCUT2D eigenvalue weighted by Gasteiger charge is 2.10. The van der Waals surface area contributed by atoms with Crippen molar-refractivity contribution >= 4 is 15.8 Å². The third-order valence-corrected chi connectivity index (χ3v) is 4.53. The Kier molecular flexibility index (Phi) is 4.34. The van der Waals surface area contributed by atoms with Gasteiger partial charge in [-0.2, -0.15) is 5.10 Å². The number of aryl methyl sites for hydroxylation is 2. The SMILES string of the molecule is CCCS(=O)(=O)NCCc1cn2nc(C)c(C)nc2n1. The summed E-state index contributed by atoms with van der Waals surface area (Å²) in [7, 11) is -3.16. The zero-order chi connectivity index (χ0) is 14.8. The molecule has 0 radical (unpaired) electrons. The molecule has 2 aromatic heterocycles. The van der Waals surface area contributed by atoms with Gasteiger partial charge < -0.3 is 0 Å². The zero-order valence-electron chi connectivity index (χ0n) is 11.9. The summed E-state index contributed by atoms with van der Waals surface area (Å²) in [5.74, 6) is 0.694. The van der Waals surface area contributed by atoms with E-state index in [4.69, 9.17) is 0 Å². The van der Waals surface area contributed by atoms with Gasteiger partial charge >= 0.3 is 0 Å². The fourth-order valence-electron chi connectivity index (χ4n) is 1.82. The van der Waals surface area contributed by atoms with Gasteiger partial charge in [0.1, 0.15) is 0 Å². The quantitative estimate of drug-likeness (QED) is 0.844. The van der Waals surface area contributed by atoms with Crippen molar-refractivity contribution in [3.63, 3.8) is 0 Å². The molecule has 7 nitrogen and oxygen atoms in total. The minimum atomic E-state index is -3.16. The summed E-state index contributed by atoms with van der Waals surface area (Å²) < 4.78 is 27.2. The van der Waals surface area contributed by atoms with Crippen LogP contribution in [-0.4, -0.2) is 40.3 Å². The molecule has 0 unspecified atom stereocenters. The highest BCUT2D eigenvalue weighted by molar-refractivity contribution is 7.89. The van der Waals surface area contributed by atoms with E-state index in [1.807, 2.05) is 20.8 Å². The summed E-state index contributed by atoms with van der Waals surface area (Å²) in [5, 5.41) is 4.34. The average Bonchev–Trinajstić information content (AvgIpc) is 2.71. The van der Waals surface area contributed by atoms with E-state index in [1.54, 1.807) is 10.7 Å². The first-order valence-electron chi connectivity index (χ1n) is 6.58. The maximum atomic E-state index is 11.5. The summed E-state index contributed by atoms with van der Waals surface area (Å²) in [4.78, 5) is 8.67. The second-order valence-electron chi connectivity index (χ2n) is 4.72. The van der Waals surface area contributed by atoms with Gasteiger partial charge in [-0.15, -0.1) is 0 Å². The number of hydrogen-bond acceptors (Lipinski definition) is 5. The molecular weight excluding hydrogens is 278 g/mol. The molecule has 0 amide bonds. The van der Waals surface area contributed by atoms with Gasteiger partial charge in [0.2, 0.25) is 10.0 Å². The summed E-state index contributed by atoms with van der Waals surface area (Å²) in [6.45, 7) is 5.95. The van der Waals surface area contributed by atoms with Crippen molar-refractivity contribution < 1.29 is 8.42 Å². The van der Waals surface area contributed by atoms with E-state index in [1.165, 1.54) is 0 Å². The third-order valence-electron chi connectivity index (χ3n) is 2.94. The number of hydrogen-bond donors (Lipinski definition) is 1. The maximum Gasteiger partial charge on any atom is 0.251 e. The van der Waals surface area contributed by atoms with Gasteiger partial charge in [-0.05, 0) is 20.3 Å². The Bertz CT molecular complexity index is 669. The van der Waals surface area contributed by atoms with Crippen LogP contribution in [0.15, 0.2) is 6.20 Å². The highest BCUT2D eigenvalue weighted by atomic mass is 32.2. The Morgan fingerprint density at radius 3 is 2.70 bits per heavy atom. The van der Waals surface area contributed by atoms with E-state index in [-0.39, 0.29) is 5.75 Å². The molecule has 0 aliphatic heterocycles. The topological polar surface area (TPSA) is 89.2 Å². The predicted octanol–water partition coefficient (Wildman–Crippen LogP) is 0.613. The Morgan fingerprint density at radius 2 is 2.00 bits per heavy atom. The number of nitrogens with one attached hydrogen (secondary N) is 1. The Balaban J connectivity index is 2.04. The van der Waals surface area contributed by atoms with Crippen LogP contribution < -0.4 is 4.72 Å². The highest BCUT2D eigenvalue weighted by Crippen LogP contribution is 2.05. The number of fused-ring (bicyclic) bond motifs is 1. The third kappa shape index (κ3) is 3.51. The summed E-state index contributed by atoms with van der Waals surface area (Å²) >= 11 is 0. The summed E-state index contributed by atoms with van der Waals surface area (Å²) in [5.41, 5.74) is 2.47. The maximum absolute atomic E-state index is 11.5. The van der Waals surface area contributed by atoms with Crippen LogP contribution in [0.5, 0.6) is 0 Å². The molecule has 0 fully saturated rings. The number of aromatic nitrogens is 4. The monoisotopic (exact) mass is 297 g/mol. The molecule has 0 aromatic carbocycles.